The van der Waals surface area contributed by atoms with Crippen LogP contribution in [0.15, 0.2) is 64.2 Å². The molecule has 2 heterocycles. The molecule has 1 amide bonds. The van der Waals surface area contributed by atoms with Gasteiger partial charge in [0.2, 0.25) is 11.8 Å². The van der Waals surface area contributed by atoms with E-state index in [1.54, 1.807) is 24.3 Å². The quantitative estimate of drug-likeness (QED) is 0.570. The van der Waals surface area contributed by atoms with Crippen LogP contribution in [0.3, 0.4) is 0 Å². The third-order valence-corrected chi connectivity index (χ3v) is 5.99. The van der Waals surface area contributed by atoms with Crippen LogP contribution < -0.4 is 5.32 Å². The van der Waals surface area contributed by atoms with E-state index < -0.39 is 0 Å². The number of nitriles is 1. The van der Waals surface area contributed by atoms with Gasteiger partial charge in [-0.2, -0.15) is 5.26 Å². The molecule has 2 aromatic carbocycles. The largest absolute Gasteiger partial charge is 0.411 e. The van der Waals surface area contributed by atoms with Crippen molar-refractivity contribution in [1.82, 2.24) is 20.4 Å². The van der Waals surface area contributed by atoms with Crippen LogP contribution >= 0.6 is 11.8 Å². The number of rotatable bonds is 7. The standard InChI is InChI=1S/C23H23N5O2S/c24-14-18-7-4-8-19(13-18)22-26-27-23(30-22)31-16-21(29)25-20-9-11-28(12-10-20)15-17-5-2-1-3-6-17/h1-8,13,20H,9-12,15-16H2,(H,25,29). The molecular weight excluding hydrogens is 410 g/mol. The lowest BCUT2D eigenvalue weighted by molar-refractivity contribution is -0.119. The molecule has 158 valence electrons. The zero-order chi connectivity index (χ0) is 21.5. The summed E-state index contributed by atoms with van der Waals surface area (Å²) in [6.45, 7) is 2.90. The van der Waals surface area contributed by atoms with Crippen LogP contribution in [0.4, 0.5) is 0 Å². The van der Waals surface area contributed by atoms with Gasteiger partial charge < -0.3 is 9.73 Å². The van der Waals surface area contributed by atoms with E-state index >= 15 is 0 Å². The lowest BCUT2D eigenvalue weighted by Gasteiger charge is -2.32. The lowest BCUT2D eigenvalue weighted by atomic mass is 10.0. The average Bonchev–Trinajstić information content (AvgIpc) is 3.29. The van der Waals surface area contributed by atoms with E-state index in [1.165, 1.54) is 17.3 Å². The van der Waals surface area contributed by atoms with Gasteiger partial charge in [0.05, 0.1) is 17.4 Å². The van der Waals surface area contributed by atoms with Crippen LogP contribution in [-0.2, 0) is 11.3 Å². The van der Waals surface area contributed by atoms with E-state index in [2.05, 4.69) is 50.7 Å². The Morgan fingerprint density at radius 2 is 1.97 bits per heavy atom. The second-order valence-electron chi connectivity index (χ2n) is 7.46. The van der Waals surface area contributed by atoms with Crippen LogP contribution in [0.5, 0.6) is 0 Å². The van der Waals surface area contributed by atoms with Gasteiger partial charge in [0, 0.05) is 31.2 Å². The highest BCUT2D eigenvalue weighted by Crippen LogP contribution is 2.24. The maximum atomic E-state index is 12.3. The van der Waals surface area contributed by atoms with Crippen LogP contribution in [-0.4, -0.2) is 45.9 Å². The first-order valence-corrected chi connectivity index (χ1v) is 11.2. The van der Waals surface area contributed by atoms with Gasteiger partial charge in [-0.05, 0) is 36.6 Å². The van der Waals surface area contributed by atoms with E-state index in [0.29, 0.717) is 22.2 Å². The molecule has 0 aliphatic carbocycles. The average molecular weight is 434 g/mol. The molecule has 1 aromatic heterocycles. The SMILES string of the molecule is N#Cc1cccc(-c2nnc(SCC(=O)NC3CCN(Cc4ccccc4)CC3)o2)c1. The molecule has 1 N–H and O–H groups in total. The summed E-state index contributed by atoms with van der Waals surface area (Å²) in [6.07, 6.45) is 1.90. The molecule has 0 saturated carbocycles. The molecule has 0 bridgehead atoms. The fourth-order valence-electron chi connectivity index (χ4n) is 3.58. The predicted molar refractivity (Wildman–Crippen MR) is 118 cm³/mol. The molecule has 1 aliphatic heterocycles. The highest BCUT2D eigenvalue weighted by molar-refractivity contribution is 7.99. The number of hydrogen-bond donors (Lipinski definition) is 1. The molecule has 0 unspecified atom stereocenters. The Morgan fingerprint density at radius 1 is 1.16 bits per heavy atom. The normalized spacial score (nSPS) is 14.8. The smallest absolute Gasteiger partial charge is 0.277 e. The number of hydrogen-bond acceptors (Lipinski definition) is 7. The molecule has 0 radical (unpaired) electrons. The van der Waals surface area contributed by atoms with Crippen molar-refractivity contribution in [2.45, 2.75) is 30.7 Å². The second-order valence-corrected chi connectivity index (χ2v) is 8.38. The van der Waals surface area contributed by atoms with E-state index in [4.69, 9.17) is 9.68 Å². The summed E-state index contributed by atoms with van der Waals surface area (Å²) in [6, 6.07) is 19.7. The fourth-order valence-corrected chi connectivity index (χ4v) is 4.15. The van der Waals surface area contributed by atoms with E-state index in [0.717, 1.165) is 32.5 Å². The molecule has 1 saturated heterocycles. The number of aromatic nitrogens is 2. The summed E-state index contributed by atoms with van der Waals surface area (Å²) >= 11 is 1.22. The third-order valence-electron chi connectivity index (χ3n) is 5.17. The highest BCUT2D eigenvalue weighted by atomic mass is 32.2. The van der Waals surface area contributed by atoms with Crippen molar-refractivity contribution in [2.24, 2.45) is 0 Å². The van der Waals surface area contributed by atoms with Crippen LogP contribution in [0, 0.1) is 11.3 Å². The van der Waals surface area contributed by atoms with E-state index in [-0.39, 0.29) is 17.7 Å². The van der Waals surface area contributed by atoms with Gasteiger partial charge in [0.15, 0.2) is 0 Å². The zero-order valence-electron chi connectivity index (χ0n) is 17.0. The summed E-state index contributed by atoms with van der Waals surface area (Å²) < 4.78 is 5.62. The second kappa shape index (κ2) is 10.2. The van der Waals surface area contributed by atoms with Gasteiger partial charge in [-0.15, -0.1) is 10.2 Å². The molecule has 0 spiro atoms. The van der Waals surface area contributed by atoms with Gasteiger partial charge in [0.25, 0.3) is 5.22 Å². The summed E-state index contributed by atoms with van der Waals surface area (Å²) in [5.41, 5.74) is 2.53. The van der Waals surface area contributed by atoms with E-state index in [1.807, 2.05) is 6.07 Å². The van der Waals surface area contributed by atoms with Crippen LogP contribution in [0.1, 0.15) is 24.0 Å². The monoisotopic (exact) mass is 433 g/mol. The molecule has 7 nitrogen and oxygen atoms in total. The molecule has 3 aromatic rings. The summed E-state index contributed by atoms with van der Waals surface area (Å²) in [4.78, 5) is 14.8. The van der Waals surface area contributed by atoms with Crippen molar-refractivity contribution in [1.29, 1.82) is 5.26 Å². The number of carbonyl (C=O) groups excluding carboxylic acids is 1. The Kier molecular flexibility index (Phi) is 6.97. The Labute approximate surface area is 185 Å². The Bertz CT molecular complexity index is 1060. The lowest BCUT2D eigenvalue weighted by Crippen LogP contribution is -2.44. The summed E-state index contributed by atoms with van der Waals surface area (Å²) in [5.74, 6) is 0.535. The fraction of sp³-hybridized carbons (Fsp3) is 0.304. The Morgan fingerprint density at radius 3 is 2.74 bits per heavy atom. The van der Waals surface area contributed by atoms with Crippen molar-refractivity contribution < 1.29 is 9.21 Å². The first-order chi connectivity index (χ1) is 15.2. The number of nitrogens with zero attached hydrogens (tertiary/aromatic N) is 4. The van der Waals surface area contributed by atoms with Gasteiger partial charge in [-0.3, -0.25) is 9.69 Å². The number of piperidine rings is 1. The molecule has 0 atom stereocenters. The number of benzene rings is 2. The van der Waals surface area contributed by atoms with Crippen molar-refractivity contribution in [3.63, 3.8) is 0 Å². The van der Waals surface area contributed by atoms with Gasteiger partial charge >= 0.3 is 0 Å². The maximum Gasteiger partial charge on any atom is 0.277 e. The van der Waals surface area contributed by atoms with E-state index in [9.17, 15) is 4.79 Å². The number of nitrogens with one attached hydrogen (secondary N) is 1. The minimum absolute atomic E-state index is 0.0299. The Balaban J connectivity index is 1.21. The minimum atomic E-state index is -0.0299. The molecule has 31 heavy (non-hydrogen) atoms. The summed E-state index contributed by atoms with van der Waals surface area (Å²) in [7, 11) is 0. The third kappa shape index (κ3) is 5.94. The maximum absolute atomic E-state index is 12.3. The molecule has 1 fully saturated rings. The first kappa shape index (κ1) is 21.1. The Hall–Kier alpha value is -3.15. The zero-order valence-corrected chi connectivity index (χ0v) is 17.8. The molecule has 4 rings (SSSR count). The first-order valence-electron chi connectivity index (χ1n) is 10.2. The van der Waals surface area contributed by atoms with Gasteiger partial charge in [-0.1, -0.05) is 48.2 Å². The van der Waals surface area contributed by atoms with Crippen molar-refractivity contribution in [3.8, 4) is 17.5 Å². The molecule has 1 aliphatic rings. The number of likely N-dealkylation sites (tertiary alicyclic amines) is 1. The van der Waals surface area contributed by atoms with Crippen molar-refractivity contribution in [3.05, 3.63) is 65.7 Å². The van der Waals surface area contributed by atoms with Gasteiger partial charge in [0.1, 0.15) is 0 Å². The van der Waals surface area contributed by atoms with Crippen LogP contribution in [0.2, 0.25) is 0 Å². The topological polar surface area (TPSA) is 95.0 Å². The van der Waals surface area contributed by atoms with Gasteiger partial charge in [-0.25, -0.2) is 0 Å². The minimum Gasteiger partial charge on any atom is -0.411 e. The number of thioether (sulfide) groups is 1. The molecule has 8 heteroatoms. The number of amides is 1. The van der Waals surface area contributed by atoms with Crippen molar-refractivity contribution in [2.75, 3.05) is 18.8 Å². The number of carbonyl (C=O) groups is 1. The highest BCUT2D eigenvalue weighted by Gasteiger charge is 2.21. The van der Waals surface area contributed by atoms with Crippen LogP contribution in [0.25, 0.3) is 11.5 Å². The van der Waals surface area contributed by atoms with Crippen molar-refractivity contribution >= 4 is 17.7 Å². The predicted octanol–water partition coefficient (Wildman–Crippen LogP) is 3.48. The summed E-state index contributed by atoms with van der Waals surface area (Å²) in [5, 5.41) is 20.5. The molecular formula is C23H23N5O2S.